The molecule has 3 saturated carbocycles. The number of aliphatic hydroxyl groups is 1. The van der Waals surface area contributed by atoms with E-state index in [1.54, 1.807) is 0 Å². The van der Waals surface area contributed by atoms with Crippen LogP contribution in [0.15, 0.2) is 0 Å². The van der Waals surface area contributed by atoms with Gasteiger partial charge in [-0.3, -0.25) is 14.4 Å². The van der Waals surface area contributed by atoms with Crippen LogP contribution in [0.1, 0.15) is 84.5 Å². The lowest BCUT2D eigenvalue weighted by Gasteiger charge is -2.46. The third kappa shape index (κ3) is 4.30. The predicted octanol–water partition coefficient (Wildman–Crippen LogP) is 3.78. The highest BCUT2D eigenvalue weighted by molar-refractivity contribution is 5.97. The molecule has 4 rings (SSSR count). The number of esters is 3. The van der Waals surface area contributed by atoms with Gasteiger partial charge in [-0.25, -0.2) is 0 Å². The van der Waals surface area contributed by atoms with Gasteiger partial charge in [0.25, 0.3) is 0 Å². The Balaban J connectivity index is 1.25. The molecular weight excluding hydrogens is 384 g/mol. The van der Waals surface area contributed by atoms with Gasteiger partial charge in [0.05, 0.1) is 23.9 Å². The number of carbonyl (C=O) groups is 3. The zero-order valence-electron chi connectivity index (χ0n) is 18.3. The van der Waals surface area contributed by atoms with Crippen molar-refractivity contribution in [2.45, 2.75) is 96.7 Å². The van der Waals surface area contributed by atoms with Gasteiger partial charge in [0.1, 0.15) is 6.10 Å². The Bertz CT molecular complexity index is 669. The molecule has 6 heteroatoms. The van der Waals surface area contributed by atoms with E-state index in [-0.39, 0.29) is 35.4 Å². The Hall–Kier alpha value is -1.43. The third-order valence-corrected chi connectivity index (χ3v) is 8.75. The van der Waals surface area contributed by atoms with E-state index in [2.05, 4.69) is 13.8 Å². The van der Waals surface area contributed by atoms with Gasteiger partial charge in [0.2, 0.25) is 0 Å². The summed E-state index contributed by atoms with van der Waals surface area (Å²) in [5.74, 6) is -0.936. The zero-order valence-corrected chi connectivity index (χ0v) is 18.3. The van der Waals surface area contributed by atoms with E-state index in [0.717, 1.165) is 51.4 Å². The molecule has 4 fully saturated rings. The smallest absolute Gasteiger partial charge is 0.317 e. The van der Waals surface area contributed by atoms with Gasteiger partial charge >= 0.3 is 17.9 Å². The summed E-state index contributed by atoms with van der Waals surface area (Å²) in [6, 6.07) is 0. The maximum Gasteiger partial charge on any atom is 0.317 e. The maximum atomic E-state index is 12.7. The fourth-order valence-electron chi connectivity index (χ4n) is 6.52. The lowest BCUT2D eigenvalue weighted by molar-refractivity contribution is -0.159. The molecule has 6 nitrogen and oxygen atoms in total. The van der Waals surface area contributed by atoms with Crippen LogP contribution >= 0.6 is 0 Å². The molecule has 1 aliphatic heterocycles. The first kappa shape index (κ1) is 21.8. The number of ether oxygens (including phenoxy) is 2. The van der Waals surface area contributed by atoms with E-state index in [0.29, 0.717) is 31.1 Å². The zero-order chi connectivity index (χ0) is 21.5. The summed E-state index contributed by atoms with van der Waals surface area (Å²) in [6.07, 6.45) is 9.35. The number of carbonyl (C=O) groups excluding carboxylic acids is 3. The summed E-state index contributed by atoms with van der Waals surface area (Å²) in [5, 5.41) is 9.82. The molecule has 0 aromatic rings. The molecule has 0 radical (unpaired) electrons. The van der Waals surface area contributed by atoms with Crippen molar-refractivity contribution in [2.24, 2.45) is 35.0 Å². The number of hydrogen-bond donors (Lipinski definition) is 1. The molecule has 0 amide bonds. The van der Waals surface area contributed by atoms with Gasteiger partial charge < -0.3 is 14.6 Å². The van der Waals surface area contributed by atoms with Crippen LogP contribution in [0.3, 0.4) is 0 Å². The highest BCUT2D eigenvalue weighted by Crippen LogP contribution is 2.49. The lowest BCUT2D eigenvalue weighted by Crippen LogP contribution is -2.39. The van der Waals surface area contributed by atoms with Crippen molar-refractivity contribution >= 4 is 17.9 Å². The average Bonchev–Trinajstić information content (AvgIpc) is 3.02. The van der Waals surface area contributed by atoms with Crippen LogP contribution in [-0.4, -0.2) is 35.2 Å². The van der Waals surface area contributed by atoms with Gasteiger partial charge in [-0.15, -0.1) is 0 Å². The van der Waals surface area contributed by atoms with Crippen LogP contribution in [0.5, 0.6) is 0 Å². The van der Waals surface area contributed by atoms with Gasteiger partial charge in [0.15, 0.2) is 0 Å². The van der Waals surface area contributed by atoms with Crippen molar-refractivity contribution in [2.75, 3.05) is 0 Å². The second-order valence-corrected chi connectivity index (χ2v) is 10.7. The molecular formula is C24H36O6. The van der Waals surface area contributed by atoms with E-state index in [1.165, 1.54) is 0 Å². The van der Waals surface area contributed by atoms with Crippen molar-refractivity contribution < 1.29 is 29.0 Å². The van der Waals surface area contributed by atoms with Gasteiger partial charge in [-0.2, -0.15) is 0 Å². The molecule has 1 heterocycles. The van der Waals surface area contributed by atoms with Crippen LogP contribution in [0.4, 0.5) is 0 Å². The second kappa shape index (κ2) is 8.60. The predicted molar refractivity (Wildman–Crippen MR) is 109 cm³/mol. The molecule has 0 spiro atoms. The maximum absolute atomic E-state index is 12.7. The number of hydrogen-bond acceptors (Lipinski definition) is 6. The summed E-state index contributed by atoms with van der Waals surface area (Å²) >= 11 is 0. The van der Waals surface area contributed by atoms with E-state index in [1.807, 2.05) is 0 Å². The summed E-state index contributed by atoms with van der Waals surface area (Å²) in [5.41, 5.74) is 0.253. The summed E-state index contributed by atoms with van der Waals surface area (Å²) in [4.78, 5) is 36.2. The normalized spacial score (nSPS) is 39.9. The van der Waals surface area contributed by atoms with E-state index >= 15 is 0 Å². The van der Waals surface area contributed by atoms with Crippen LogP contribution < -0.4 is 0 Å². The first-order chi connectivity index (χ1) is 14.3. The lowest BCUT2D eigenvalue weighted by atomic mass is 9.60. The SMILES string of the molecule is CC(C)(C1CCC(O)CC1)C1CCC(OC(=O)C2CCC3C(=O)OC(=O)C3C2)CC1. The minimum Gasteiger partial charge on any atom is -0.462 e. The number of rotatable bonds is 4. The van der Waals surface area contributed by atoms with E-state index in [9.17, 15) is 19.5 Å². The topological polar surface area (TPSA) is 89.9 Å². The molecule has 1 N–H and O–H groups in total. The van der Waals surface area contributed by atoms with Gasteiger partial charge in [-0.05, 0) is 87.9 Å². The first-order valence-corrected chi connectivity index (χ1v) is 11.9. The summed E-state index contributed by atoms with van der Waals surface area (Å²) in [7, 11) is 0. The van der Waals surface area contributed by atoms with Gasteiger partial charge in [0, 0.05) is 0 Å². The number of fused-ring (bicyclic) bond motifs is 1. The highest BCUT2D eigenvalue weighted by Gasteiger charge is 2.49. The molecule has 4 aliphatic rings. The highest BCUT2D eigenvalue weighted by atomic mass is 16.6. The molecule has 0 aromatic carbocycles. The monoisotopic (exact) mass is 420 g/mol. The molecule has 1 saturated heterocycles. The second-order valence-electron chi connectivity index (χ2n) is 10.7. The molecule has 3 aliphatic carbocycles. The molecule has 3 unspecified atom stereocenters. The van der Waals surface area contributed by atoms with Crippen LogP contribution in [0, 0.1) is 35.0 Å². The van der Waals surface area contributed by atoms with Crippen molar-refractivity contribution in [3.05, 3.63) is 0 Å². The van der Waals surface area contributed by atoms with Crippen molar-refractivity contribution in [1.82, 2.24) is 0 Å². The summed E-state index contributed by atoms with van der Waals surface area (Å²) < 4.78 is 10.6. The van der Waals surface area contributed by atoms with E-state index in [4.69, 9.17) is 9.47 Å². The quantitative estimate of drug-likeness (QED) is 0.550. The fourth-order valence-corrected chi connectivity index (χ4v) is 6.52. The molecule has 0 bridgehead atoms. The standard InChI is InChI=1S/C24H36O6/c1-24(2,15-4-8-17(25)9-5-15)16-6-10-18(11-7-16)29-21(26)14-3-12-19-20(13-14)23(28)30-22(19)27/h14-20,25H,3-13H2,1-2H3. The molecule has 0 aromatic heterocycles. The Morgan fingerprint density at radius 1 is 0.867 bits per heavy atom. The van der Waals surface area contributed by atoms with E-state index < -0.39 is 17.9 Å². The molecule has 3 atom stereocenters. The molecule has 168 valence electrons. The summed E-state index contributed by atoms with van der Waals surface area (Å²) in [6.45, 7) is 4.76. The Morgan fingerprint density at radius 2 is 1.43 bits per heavy atom. The van der Waals surface area contributed by atoms with Gasteiger partial charge in [-0.1, -0.05) is 13.8 Å². The van der Waals surface area contributed by atoms with Crippen LogP contribution in [0.25, 0.3) is 0 Å². The number of cyclic esters (lactones) is 2. The molecule has 30 heavy (non-hydrogen) atoms. The van der Waals surface area contributed by atoms with Crippen molar-refractivity contribution in [3.63, 3.8) is 0 Å². The fraction of sp³-hybridized carbons (Fsp3) is 0.875. The Morgan fingerprint density at radius 3 is 2.07 bits per heavy atom. The Kier molecular flexibility index (Phi) is 6.25. The Labute approximate surface area is 179 Å². The van der Waals surface area contributed by atoms with Crippen LogP contribution in [-0.2, 0) is 23.9 Å². The average molecular weight is 421 g/mol. The minimum absolute atomic E-state index is 0.0346. The van der Waals surface area contributed by atoms with Crippen LogP contribution in [0.2, 0.25) is 0 Å². The van der Waals surface area contributed by atoms with Crippen molar-refractivity contribution in [1.29, 1.82) is 0 Å². The third-order valence-electron chi connectivity index (χ3n) is 8.75. The minimum atomic E-state index is -0.472. The van der Waals surface area contributed by atoms with Crippen molar-refractivity contribution in [3.8, 4) is 0 Å². The largest absolute Gasteiger partial charge is 0.462 e. The first-order valence-electron chi connectivity index (χ1n) is 11.9. The number of aliphatic hydroxyl groups excluding tert-OH is 1.